The Bertz CT molecular complexity index is 1380. The molecule has 166 valence electrons. The lowest BCUT2D eigenvalue weighted by Crippen LogP contribution is -2.07. The number of nitrogens with zero attached hydrogens (tertiary/aromatic N) is 6. The lowest BCUT2D eigenvalue weighted by molar-refractivity contribution is 0.408. The van der Waals surface area contributed by atoms with Crippen molar-refractivity contribution in [3.63, 3.8) is 0 Å². The fourth-order valence-electron chi connectivity index (χ4n) is 4.12. The summed E-state index contributed by atoms with van der Waals surface area (Å²) in [7, 11) is 1.71. The minimum absolute atomic E-state index is 0.630. The number of imidazole rings is 1. The van der Waals surface area contributed by atoms with Gasteiger partial charge < -0.3 is 9.30 Å². The standard InChI is InChI=1S/C25H25N7O/c1-3-4-11-23-27-21-10-7-14-26-25(21)32(23)16-18-13-12-17(15-22(18)33-2)19-8-5-6-9-20(19)24-28-30-31-29-24/h5-10,12-15H,3-4,11,16H2,1-2H3,(H,28,29,30,31). The summed E-state index contributed by atoms with van der Waals surface area (Å²) >= 11 is 0. The number of H-pyrrole nitrogens is 1. The quantitative estimate of drug-likeness (QED) is 0.377. The first-order chi connectivity index (χ1) is 16.3. The van der Waals surface area contributed by atoms with Crippen molar-refractivity contribution in [3.8, 4) is 28.3 Å². The molecule has 0 saturated carbocycles. The van der Waals surface area contributed by atoms with E-state index in [9.17, 15) is 0 Å². The third kappa shape index (κ3) is 4.07. The van der Waals surface area contributed by atoms with Gasteiger partial charge in [0.15, 0.2) is 11.5 Å². The van der Waals surface area contributed by atoms with E-state index >= 15 is 0 Å². The monoisotopic (exact) mass is 439 g/mol. The number of hydrogen-bond acceptors (Lipinski definition) is 6. The number of fused-ring (bicyclic) bond motifs is 1. The smallest absolute Gasteiger partial charge is 0.180 e. The van der Waals surface area contributed by atoms with Crippen LogP contribution in [0.4, 0.5) is 0 Å². The molecule has 8 heteroatoms. The van der Waals surface area contributed by atoms with Gasteiger partial charge in [0.25, 0.3) is 0 Å². The summed E-state index contributed by atoms with van der Waals surface area (Å²) in [5.41, 5.74) is 5.89. The van der Waals surface area contributed by atoms with Crippen LogP contribution in [0.1, 0.15) is 31.2 Å². The minimum Gasteiger partial charge on any atom is -0.496 e. The number of benzene rings is 2. The second kappa shape index (κ2) is 9.20. The lowest BCUT2D eigenvalue weighted by atomic mass is 9.97. The first-order valence-corrected chi connectivity index (χ1v) is 11.1. The maximum absolute atomic E-state index is 5.82. The first kappa shape index (κ1) is 20.8. The van der Waals surface area contributed by atoms with Gasteiger partial charge >= 0.3 is 0 Å². The summed E-state index contributed by atoms with van der Waals surface area (Å²) in [6.45, 7) is 2.84. The van der Waals surface area contributed by atoms with Crippen LogP contribution in [0.5, 0.6) is 5.75 Å². The van der Waals surface area contributed by atoms with Crippen molar-refractivity contribution in [2.45, 2.75) is 32.7 Å². The van der Waals surface area contributed by atoms with Gasteiger partial charge in [0, 0.05) is 23.7 Å². The SMILES string of the molecule is CCCCc1nc2cccnc2n1Cc1ccc(-c2ccccc2-c2nnn[nH]2)cc1OC. The maximum Gasteiger partial charge on any atom is 0.180 e. The Balaban J connectivity index is 1.54. The van der Waals surface area contributed by atoms with Gasteiger partial charge in [-0.3, -0.25) is 0 Å². The van der Waals surface area contributed by atoms with Crippen LogP contribution in [0.15, 0.2) is 60.8 Å². The van der Waals surface area contributed by atoms with Crippen LogP contribution in [0.3, 0.4) is 0 Å². The van der Waals surface area contributed by atoms with Crippen LogP contribution in [0, 0.1) is 0 Å². The van der Waals surface area contributed by atoms with Gasteiger partial charge in [-0.25, -0.2) is 15.1 Å². The molecule has 0 amide bonds. The molecule has 0 aliphatic carbocycles. The maximum atomic E-state index is 5.82. The second-order valence-corrected chi connectivity index (χ2v) is 7.89. The van der Waals surface area contributed by atoms with E-state index in [0.29, 0.717) is 12.4 Å². The number of hydrogen-bond donors (Lipinski definition) is 1. The molecule has 1 N–H and O–H groups in total. The van der Waals surface area contributed by atoms with Crippen molar-refractivity contribution in [2.24, 2.45) is 0 Å². The number of ether oxygens (including phenoxy) is 1. The van der Waals surface area contributed by atoms with Crippen molar-refractivity contribution >= 4 is 11.2 Å². The Morgan fingerprint density at radius 3 is 2.70 bits per heavy atom. The number of aryl methyl sites for hydroxylation is 1. The van der Waals surface area contributed by atoms with Gasteiger partial charge in [-0.05, 0) is 46.2 Å². The van der Waals surface area contributed by atoms with Gasteiger partial charge in [0.2, 0.25) is 0 Å². The van der Waals surface area contributed by atoms with Crippen LogP contribution in [-0.2, 0) is 13.0 Å². The fourth-order valence-corrected chi connectivity index (χ4v) is 4.12. The summed E-state index contributed by atoms with van der Waals surface area (Å²) in [5, 5.41) is 14.4. The number of tetrazole rings is 1. The zero-order valence-electron chi connectivity index (χ0n) is 18.7. The number of aromatic amines is 1. The molecule has 0 bridgehead atoms. The average molecular weight is 440 g/mol. The highest BCUT2D eigenvalue weighted by Crippen LogP contribution is 2.34. The Labute approximate surface area is 191 Å². The molecule has 3 aromatic heterocycles. The molecule has 33 heavy (non-hydrogen) atoms. The van der Waals surface area contributed by atoms with E-state index in [1.807, 2.05) is 36.5 Å². The molecular weight excluding hydrogens is 414 g/mol. The predicted molar refractivity (Wildman–Crippen MR) is 127 cm³/mol. The molecule has 3 heterocycles. The first-order valence-electron chi connectivity index (χ1n) is 11.1. The van der Waals surface area contributed by atoms with E-state index in [2.05, 4.69) is 61.4 Å². The second-order valence-electron chi connectivity index (χ2n) is 7.89. The molecule has 0 saturated heterocycles. The molecule has 5 aromatic rings. The molecule has 0 radical (unpaired) electrons. The summed E-state index contributed by atoms with van der Waals surface area (Å²) in [5.74, 6) is 2.50. The van der Waals surface area contributed by atoms with E-state index in [1.54, 1.807) is 7.11 Å². The van der Waals surface area contributed by atoms with E-state index in [4.69, 9.17) is 9.72 Å². The van der Waals surface area contributed by atoms with Gasteiger partial charge in [0.1, 0.15) is 17.1 Å². The molecule has 0 fully saturated rings. The largest absolute Gasteiger partial charge is 0.496 e. The van der Waals surface area contributed by atoms with Crippen LogP contribution < -0.4 is 4.74 Å². The Morgan fingerprint density at radius 1 is 1.03 bits per heavy atom. The highest BCUT2D eigenvalue weighted by Gasteiger charge is 2.16. The molecule has 2 aromatic carbocycles. The predicted octanol–water partition coefficient (Wildman–Crippen LogP) is 4.68. The Kier molecular flexibility index (Phi) is 5.80. The van der Waals surface area contributed by atoms with Crippen molar-refractivity contribution in [2.75, 3.05) is 7.11 Å². The van der Waals surface area contributed by atoms with Crippen molar-refractivity contribution in [1.82, 2.24) is 35.2 Å². The van der Waals surface area contributed by atoms with Gasteiger partial charge in [0.05, 0.1) is 13.7 Å². The number of unbranched alkanes of at least 4 members (excludes halogenated alkanes) is 1. The molecular formula is C25H25N7O. The van der Waals surface area contributed by atoms with Crippen molar-refractivity contribution in [3.05, 3.63) is 72.2 Å². The zero-order valence-corrected chi connectivity index (χ0v) is 18.7. The minimum atomic E-state index is 0.630. The van der Waals surface area contributed by atoms with Crippen molar-refractivity contribution < 1.29 is 4.74 Å². The normalized spacial score (nSPS) is 11.2. The summed E-state index contributed by atoms with van der Waals surface area (Å²) < 4.78 is 8.02. The number of rotatable bonds is 8. The summed E-state index contributed by atoms with van der Waals surface area (Å²) in [4.78, 5) is 9.45. The Hall–Kier alpha value is -4.07. The van der Waals surface area contributed by atoms with Gasteiger partial charge in [-0.1, -0.05) is 49.7 Å². The van der Waals surface area contributed by atoms with Gasteiger partial charge in [-0.2, -0.15) is 0 Å². The lowest BCUT2D eigenvalue weighted by Gasteiger charge is -2.15. The van der Waals surface area contributed by atoms with E-state index < -0.39 is 0 Å². The third-order valence-corrected chi connectivity index (χ3v) is 5.79. The van der Waals surface area contributed by atoms with Crippen molar-refractivity contribution in [1.29, 1.82) is 0 Å². The number of nitrogens with one attached hydrogen (secondary N) is 1. The topological polar surface area (TPSA) is 94.4 Å². The van der Waals surface area contributed by atoms with E-state index in [-0.39, 0.29) is 0 Å². The van der Waals surface area contributed by atoms with E-state index in [0.717, 1.165) is 64.3 Å². The number of aromatic nitrogens is 7. The van der Waals surface area contributed by atoms with Crippen LogP contribution in [-0.4, -0.2) is 42.3 Å². The highest BCUT2D eigenvalue weighted by atomic mass is 16.5. The van der Waals surface area contributed by atoms with Crippen LogP contribution in [0.25, 0.3) is 33.7 Å². The molecule has 0 atom stereocenters. The molecule has 8 nitrogen and oxygen atoms in total. The molecule has 0 aliphatic rings. The van der Waals surface area contributed by atoms with Crippen LogP contribution >= 0.6 is 0 Å². The zero-order chi connectivity index (χ0) is 22.6. The third-order valence-electron chi connectivity index (χ3n) is 5.79. The Morgan fingerprint density at radius 2 is 1.91 bits per heavy atom. The fraction of sp³-hybridized carbons (Fsp3) is 0.240. The highest BCUT2D eigenvalue weighted by molar-refractivity contribution is 5.81. The number of methoxy groups -OCH3 is 1. The summed E-state index contributed by atoms with van der Waals surface area (Å²) in [6.07, 6.45) is 4.95. The molecule has 0 spiro atoms. The summed E-state index contributed by atoms with van der Waals surface area (Å²) in [6, 6.07) is 18.3. The van der Waals surface area contributed by atoms with Gasteiger partial charge in [-0.15, -0.1) is 5.10 Å². The molecule has 0 aliphatic heterocycles. The van der Waals surface area contributed by atoms with Crippen LogP contribution in [0.2, 0.25) is 0 Å². The average Bonchev–Trinajstić information content (AvgIpc) is 3.52. The van der Waals surface area contributed by atoms with E-state index in [1.165, 1.54) is 0 Å². The number of pyridine rings is 1. The molecule has 5 rings (SSSR count). The molecule has 0 unspecified atom stereocenters.